The summed E-state index contributed by atoms with van der Waals surface area (Å²) in [6.45, 7) is 4.73. The summed E-state index contributed by atoms with van der Waals surface area (Å²) in [5, 5.41) is 3.79. The molecular formula is C20H23ClN2O5S. The topological polar surface area (TPSA) is 84.9 Å². The highest BCUT2D eigenvalue weighted by atomic mass is 35.5. The quantitative estimate of drug-likeness (QED) is 0.700. The maximum atomic E-state index is 13.2. The molecule has 2 amide bonds. The summed E-state index contributed by atoms with van der Waals surface area (Å²) in [7, 11) is 1.57. The number of benzene rings is 1. The number of carbonyl (C=O) groups excluding carboxylic acids is 3. The molecule has 0 aliphatic carbocycles. The molecule has 2 heterocycles. The van der Waals surface area contributed by atoms with Gasteiger partial charge in [-0.15, -0.1) is 11.3 Å². The fourth-order valence-corrected chi connectivity index (χ4v) is 4.57. The number of carbonyl (C=O) groups is 3. The zero-order chi connectivity index (χ0) is 21.1. The molecule has 1 aromatic heterocycles. The molecule has 1 N–H and O–H groups in total. The minimum atomic E-state index is -0.924. The fraction of sp³-hybridized carbons (Fsp3) is 0.450. The van der Waals surface area contributed by atoms with Crippen LogP contribution in [0.2, 0.25) is 5.02 Å². The predicted octanol–water partition coefficient (Wildman–Crippen LogP) is 3.09. The van der Waals surface area contributed by atoms with Gasteiger partial charge >= 0.3 is 5.97 Å². The van der Waals surface area contributed by atoms with Gasteiger partial charge < -0.3 is 19.7 Å². The van der Waals surface area contributed by atoms with Gasteiger partial charge in [0.15, 0.2) is 0 Å². The molecule has 0 bridgehead atoms. The molecule has 1 saturated heterocycles. The molecule has 1 aliphatic heterocycles. The van der Waals surface area contributed by atoms with Crippen LogP contribution in [0.15, 0.2) is 18.2 Å². The first-order chi connectivity index (χ1) is 13.8. The molecule has 2 aromatic rings. The smallest absolute Gasteiger partial charge is 0.308 e. The molecule has 9 heteroatoms. The maximum absolute atomic E-state index is 13.2. The van der Waals surface area contributed by atoms with Gasteiger partial charge in [0, 0.05) is 23.2 Å². The molecule has 0 spiro atoms. The van der Waals surface area contributed by atoms with Crippen molar-refractivity contribution in [3.63, 3.8) is 0 Å². The minimum Gasteiger partial charge on any atom is -0.497 e. The van der Waals surface area contributed by atoms with E-state index in [-0.39, 0.29) is 30.8 Å². The van der Waals surface area contributed by atoms with Gasteiger partial charge in [0.2, 0.25) is 5.91 Å². The van der Waals surface area contributed by atoms with Crippen molar-refractivity contribution in [2.24, 2.45) is 5.92 Å². The molecule has 0 saturated carbocycles. The third-order valence-electron chi connectivity index (χ3n) is 4.56. The third-order valence-corrected chi connectivity index (χ3v) is 6.21. The summed E-state index contributed by atoms with van der Waals surface area (Å²) in [5.74, 6) is -0.397. The number of amides is 2. The second-order valence-electron chi connectivity index (χ2n) is 7.19. The molecule has 1 aliphatic rings. The second kappa shape index (κ2) is 9.00. The van der Waals surface area contributed by atoms with Gasteiger partial charge in [-0.05, 0) is 24.1 Å². The summed E-state index contributed by atoms with van der Waals surface area (Å²) in [4.78, 5) is 39.5. The Labute approximate surface area is 177 Å². The molecule has 1 aromatic carbocycles. The van der Waals surface area contributed by atoms with Gasteiger partial charge in [-0.2, -0.15) is 0 Å². The molecule has 1 unspecified atom stereocenters. The Kier molecular flexibility index (Phi) is 6.64. The van der Waals surface area contributed by atoms with E-state index in [1.807, 2.05) is 19.9 Å². The lowest BCUT2D eigenvalue weighted by Gasteiger charge is -2.34. The minimum absolute atomic E-state index is 0.186. The van der Waals surface area contributed by atoms with Crippen molar-refractivity contribution in [2.45, 2.75) is 26.3 Å². The van der Waals surface area contributed by atoms with Crippen molar-refractivity contribution < 1.29 is 23.9 Å². The number of hydrogen-bond donors (Lipinski definition) is 1. The highest BCUT2D eigenvalue weighted by molar-refractivity contribution is 7.21. The van der Waals surface area contributed by atoms with Crippen LogP contribution in [-0.2, 0) is 14.3 Å². The number of nitrogens with one attached hydrogen (secondary N) is 1. The highest BCUT2D eigenvalue weighted by Crippen LogP contribution is 2.38. The van der Waals surface area contributed by atoms with E-state index in [9.17, 15) is 14.4 Å². The van der Waals surface area contributed by atoms with Crippen LogP contribution < -0.4 is 10.1 Å². The van der Waals surface area contributed by atoms with Crippen LogP contribution >= 0.6 is 22.9 Å². The number of hydrogen-bond acceptors (Lipinski definition) is 6. The first-order valence-electron chi connectivity index (χ1n) is 9.32. The Morgan fingerprint density at radius 2 is 2.14 bits per heavy atom. The molecule has 3 rings (SSSR count). The van der Waals surface area contributed by atoms with Crippen LogP contribution in [0.5, 0.6) is 5.75 Å². The molecule has 1 fully saturated rings. The van der Waals surface area contributed by atoms with E-state index in [4.69, 9.17) is 21.1 Å². The lowest BCUT2D eigenvalue weighted by Crippen LogP contribution is -2.57. The van der Waals surface area contributed by atoms with Crippen LogP contribution in [0, 0.1) is 5.92 Å². The van der Waals surface area contributed by atoms with E-state index >= 15 is 0 Å². The maximum Gasteiger partial charge on any atom is 0.308 e. The van der Waals surface area contributed by atoms with Gasteiger partial charge in [0.1, 0.15) is 16.7 Å². The Balaban J connectivity index is 1.85. The van der Waals surface area contributed by atoms with Gasteiger partial charge in [-0.1, -0.05) is 25.4 Å². The zero-order valence-corrected chi connectivity index (χ0v) is 18.1. The summed E-state index contributed by atoms with van der Waals surface area (Å²) >= 11 is 7.71. The van der Waals surface area contributed by atoms with Crippen LogP contribution in [0.4, 0.5) is 0 Å². The summed E-state index contributed by atoms with van der Waals surface area (Å²) < 4.78 is 11.2. The Morgan fingerprint density at radius 1 is 1.38 bits per heavy atom. The van der Waals surface area contributed by atoms with Crippen LogP contribution in [-0.4, -0.2) is 55.5 Å². The van der Waals surface area contributed by atoms with E-state index < -0.39 is 12.0 Å². The Morgan fingerprint density at radius 3 is 2.83 bits per heavy atom. The number of methoxy groups -OCH3 is 1. The Hall–Kier alpha value is -2.32. The van der Waals surface area contributed by atoms with Crippen molar-refractivity contribution in [1.29, 1.82) is 0 Å². The lowest BCUT2D eigenvalue weighted by atomic mass is 10.1. The number of piperazine rings is 1. The third kappa shape index (κ3) is 4.64. The van der Waals surface area contributed by atoms with Crippen LogP contribution in [0.3, 0.4) is 0 Å². The largest absolute Gasteiger partial charge is 0.497 e. The summed E-state index contributed by atoms with van der Waals surface area (Å²) in [6, 6.07) is 4.46. The van der Waals surface area contributed by atoms with Gasteiger partial charge in [0.25, 0.3) is 5.91 Å². The second-order valence-corrected chi connectivity index (χ2v) is 8.62. The number of ether oxygens (including phenoxy) is 2. The SMILES string of the molecule is COc1ccc2c(Cl)c(C(=O)N3CCNC(=O)C3CC(=O)OCC(C)C)sc2c1. The van der Waals surface area contributed by atoms with E-state index in [2.05, 4.69) is 5.32 Å². The number of fused-ring (bicyclic) bond motifs is 1. The number of rotatable bonds is 6. The number of thiophene rings is 1. The number of nitrogens with zero attached hydrogens (tertiary/aromatic N) is 1. The molecular weight excluding hydrogens is 416 g/mol. The zero-order valence-electron chi connectivity index (χ0n) is 16.5. The van der Waals surface area contributed by atoms with E-state index in [0.717, 1.165) is 10.1 Å². The number of esters is 1. The van der Waals surface area contributed by atoms with E-state index in [1.54, 1.807) is 19.2 Å². The fourth-order valence-electron chi connectivity index (χ4n) is 3.08. The monoisotopic (exact) mass is 438 g/mol. The van der Waals surface area contributed by atoms with Crippen LogP contribution in [0.25, 0.3) is 10.1 Å². The summed E-state index contributed by atoms with van der Waals surface area (Å²) in [5.41, 5.74) is 0. The first kappa shape index (κ1) is 21.4. The average Bonchev–Trinajstić information content (AvgIpc) is 3.03. The van der Waals surface area contributed by atoms with Crippen molar-refractivity contribution >= 4 is 50.8 Å². The van der Waals surface area contributed by atoms with Crippen molar-refractivity contribution in [2.75, 3.05) is 26.8 Å². The van der Waals surface area contributed by atoms with Crippen molar-refractivity contribution in [3.05, 3.63) is 28.1 Å². The standard InChI is InChI=1S/C20H23ClN2O5S/c1-11(2)10-28-16(24)9-14-19(25)22-6-7-23(14)20(26)18-17(21)13-5-4-12(27-3)8-15(13)29-18/h4-5,8,11,14H,6-7,9-10H2,1-3H3,(H,22,25). The normalized spacial score (nSPS) is 16.8. The molecule has 1 atom stereocenters. The van der Waals surface area contributed by atoms with Crippen molar-refractivity contribution in [3.8, 4) is 5.75 Å². The molecule has 156 valence electrons. The van der Waals surface area contributed by atoms with Crippen LogP contribution in [0.1, 0.15) is 29.9 Å². The lowest BCUT2D eigenvalue weighted by molar-refractivity contribution is -0.148. The van der Waals surface area contributed by atoms with Gasteiger partial charge in [-0.25, -0.2) is 0 Å². The highest BCUT2D eigenvalue weighted by Gasteiger charge is 2.37. The predicted molar refractivity (Wildman–Crippen MR) is 112 cm³/mol. The van der Waals surface area contributed by atoms with Gasteiger partial charge in [0.05, 0.1) is 25.2 Å². The van der Waals surface area contributed by atoms with Gasteiger partial charge in [-0.3, -0.25) is 14.4 Å². The van der Waals surface area contributed by atoms with E-state index in [1.165, 1.54) is 16.2 Å². The molecule has 29 heavy (non-hydrogen) atoms. The molecule has 0 radical (unpaired) electrons. The van der Waals surface area contributed by atoms with Crippen molar-refractivity contribution in [1.82, 2.24) is 10.2 Å². The average molecular weight is 439 g/mol. The van der Waals surface area contributed by atoms with E-state index in [0.29, 0.717) is 28.7 Å². The first-order valence-corrected chi connectivity index (χ1v) is 10.5. The summed E-state index contributed by atoms with van der Waals surface area (Å²) in [6.07, 6.45) is -0.194. The number of halogens is 1. The molecule has 7 nitrogen and oxygen atoms in total. The Bertz CT molecular complexity index is 942.